The Balaban J connectivity index is 2.29. The van der Waals surface area contributed by atoms with Gasteiger partial charge in [0.05, 0.1) is 5.39 Å². The van der Waals surface area contributed by atoms with Crippen molar-refractivity contribution in [3.63, 3.8) is 0 Å². The van der Waals surface area contributed by atoms with Gasteiger partial charge in [0.15, 0.2) is 6.79 Å². The zero-order valence-corrected chi connectivity index (χ0v) is 11.0. The lowest BCUT2D eigenvalue weighted by molar-refractivity contribution is 0.0512. The summed E-state index contributed by atoms with van der Waals surface area (Å²) in [5, 5.41) is -0.0766. The predicted molar refractivity (Wildman–Crippen MR) is 72.4 cm³/mol. The number of hydrogen-bond donors (Lipinski definition) is 0. The molecule has 0 saturated heterocycles. The maximum Gasteiger partial charge on any atom is 0.203 e. The highest BCUT2D eigenvalue weighted by Gasteiger charge is 2.14. The van der Waals surface area contributed by atoms with Crippen LogP contribution in [0.1, 0.15) is 0 Å². The summed E-state index contributed by atoms with van der Waals surface area (Å²) in [7, 11) is 1.47. The van der Waals surface area contributed by atoms with Crippen LogP contribution in [0.5, 0.6) is 5.75 Å². The van der Waals surface area contributed by atoms with Crippen LogP contribution in [-0.4, -0.2) is 13.9 Å². The molecule has 4 nitrogen and oxygen atoms in total. The zero-order valence-electron chi connectivity index (χ0n) is 11.0. The van der Waals surface area contributed by atoms with Gasteiger partial charge < -0.3 is 13.9 Å². The first-order valence-electron chi connectivity index (χ1n) is 6.07. The Morgan fingerprint density at radius 3 is 2.71 bits per heavy atom. The Labute approximate surface area is 117 Å². The minimum atomic E-state index is -0.944. The summed E-state index contributed by atoms with van der Waals surface area (Å²) < 4.78 is 42.4. The summed E-state index contributed by atoms with van der Waals surface area (Å²) in [5.74, 6) is -1.33. The van der Waals surface area contributed by atoms with E-state index in [-0.39, 0.29) is 28.7 Å². The van der Waals surface area contributed by atoms with E-state index < -0.39 is 17.1 Å². The van der Waals surface area contributed by atoms with Crippen LogP contribution in [0, 0.1) is 11.6 Å². The van der Waals surface area contributed by atoms with Crippen molar-refractivity contribution in [1.82, 2.24) is 0 Å². The third-order valence-electron chi connectivity index (χ3n) is 3.01. The summed E-state index contributed by atoms with van der Waals surface area (Å²) in [5.41, 5.74) is -0.512. The molecular weight excluding hydrogens is 282 g/mol. The van der Waals surface area contributed by atoms with Crippen LogP contribution in [0.25, 0.3) is 21.9 Å². The van der Waals surface area contributed by atoms with Crippen molar-refractivity contribution in [3.8, 4) is 5.75 Å². The monoisotopic (exact) mass is 292 g/mol. The molecule has 108 valence electrons. The molecule has 0 spiro atoms. The standard InChI is InChI=1S/C15H10F2O4/c1-19-7-20-9-2-3-10-12(6-9)21-13-5-8(16)4-11(17)14(13)15(10)18/h2-6H,7H2,1H3. The van der Waals surface area contributed by atoms with E-state index in [4.69, 9.17) is 13.9 Å². The number of fused-ring (bicyclic) bond motifs is 2. The molecule has 21 heavy (non-hydrogen) atoms. The summed E-state index contributed by atoms with van der Waals surface area (Å²) in [6.45, 7) is 0.0343. The quantitative estimate of drug-likeness (QED) is 0.549. The highest BCUT2D eigenvalue weighted by molar-refractivity contribution is 5.90. The molecule has 1 heterocycles. The highest BCUT2D eigenvalue weighted by atomic mass is 19.1. The first kappa shape index (κ1) is 13.5. The molecule has 1 aromatic heterocycles. The number of benzene rings is 2. The van der Waals surface area contributed by atoms with Crippen molar-refractivity contribution in [1.29, 1.82) is 0 Å². The summed E-state index contributed by atoms with van der Waals surface area (Å²) in [6, 6.07) is 6.11. The van der Waals surface area contributed by atoms with E-state index in [1.165, 1.54) is 19.2 Å². The molecule has 0 radical (unpaired) electrons. The molecule has 3 aromatic rings. The SMILES string of the molecule is COCOc1ccc2c(=O)c3c(F)cc(F)cc3oc2c1. The van der Waals surface area contributed by atoms with Crippen molar-refractivity contribution in [2.75, 3.05) is 13.9 Å². The van der Waals surface area contributed by atoms with Gasteiger partial charge in [0.1, 0.15) is 33.9 Å². The van der Waals surface area contributed by atoms with Crippen molar-refractivity contribution < 1.29 is 22.7 Å². The van der Waals surface area contributed by atoms with Gasteiger partial charge in [-0.05, 0) is 12.1 Å². The van der Waals surface area contributed by atoms with Gasteiger partial charge in [-0.1, -0.05) is 0 Å². The second-order valence-corrected chi connectivity index (χ2v) is 4.40. The van der Waals surface area contributed by atoms with Crippen molar-refractivity contribution in [2.45, 2.75) is 0 Å². The van der Waals surface area contributed by atoms with Crippen molar-refractivity contribution in [3.05, 3.63) is 52.2 Å². The Morgan fingerprint density at radius 1 is 1.14 bits per heavy atom. The number of rotatable bonds is 3. The molecule has 0 aliphatic carbocycles. The molecule has 0 atom stereocenters. The van der Waals surface area contributed by atoms with Crippen LogP contribution in [0.3, 0.4) is 0 Å². The van der Waals surface area contributed by atoms with E-state index >= 15 is 0 Å². The second kappa shape index (κ2) is 5.14. The fourth-order valence-electron chi connectivity index (χ4n) is 2.10. The molecule has 0 aliphatic rings. The first-order chi connectivity index (χ1) is 10.1. The number of halogens is 2. The highest BCUT2D eigenvalue weighted by Crippen LogP contribution is 2.24. The smallest absolute Gasteiger partial charge is 0.203 e. The van der Waals surface area contributed by atoms with E-state index in [1.807, 2.05) is 0 Å². The van der Waals surface area contributed by atoms with Crippen LogP contribution >= 0.6 is 0 Å². The topological polar surface area (TPSA) is 48.7 Å². The van der Waals surface area contributed by atoms with Crippen LogP contribution in [0.4, 0.5) is 8.78 Å². The van der Waals surface area contributed by atoms with Crippen molar-refractivity contribution >= 4 is 21.9 Å². The molecular formula is C15H10F2O4. The molecule has 0 saturated carbocycles. The van der Waals surface area contributed by atoms with Gasteiger partial charge in [-0.25, -0.2) is 8.78 Å². The largest absolute Gasteiger partial charge is 0.467 e. The summed E-state index contributed by atoms with van der Waals surface area (Å²) in [4.78, 5) is 12.3. The van der Waals surface area contributed by atoms with E-state index in [0.717, 1.165) is 6.07 Å². The van der Waals surface area contributed by atoms with Gasteiger partial charge in [0.25, 0.3) is 0 Å². The average molecular weight is 292 g/mol. The predicted octanol–water partition coefficient (Wildman–Crippen LogP) is 3.21. The van der Waals surface area contributed by atoms with Gasteiger partial charge in [0, 0.05) is 25.3 Å². The molecule has 0 bridgehead atoms. The van der Waals surface area contributed by atoms with E-state index in [1.54, 1.807) is 6.07 Å². The Morgan fingerprint density at radius 2 is 1.95 bits per heavy atom. The molecule has 0 aliphatic heterocycles. The van der Waals surface area contributed by atoms with E-state index in [9.17, 15) is 13.6 Å². The normalized spacial score (nSPS) is 11.2. The Hall–Kier alpha value is -2.47. The lowest BCUT2D eigenvalue weighted by Gasteiger charge is -2.06. The molecule has 0 fully saturated rings. The molecule has 0 N–H and O–H groups in total. The maximum absolute atomic E-state index is 13.7. The number of ether oxygens (including phenoxy) is 2. The molecule has 6 heteroatoms. The van der Waals surface area contributed by atoms with Gasteiger partial charge in [0.2, 0.25) is 5.43 Å². The molecule has 2 aromatic carbocycles. The van der Waals surface area contributed by atoms with Gasteiger partial charge in [-0.3, -0.25) is 4.79 Å². The van der Waals surface area contributed by atoms with E-state index in [0.29, 0.717) is 11.8 Å². The second-order valence-electron chi connectivity index (χ2n) is 4.40. The summed E-state index contributed by atoms with van der Waals surface area (Å²) >= 11 is 0. The number of methoxy groups -OCH3 is 1. The minimum absolute atomic E-state index is 0.0343. The lowest BCUT2D eigenvalue weighted by atomic mass is 10.1. The third kappa shape index (κ3) is 2.34. The molecule has 3 rings (SSSR count). The van der Waals surface area contributed by atoms with Gasteiger partial charge >= 0.3 is 0 Å². The van der Waals surface area contributed by atoms with Gasteiger partial charge in [-0.15, -0.1) is 0 Å². The van der Waals surface area contributed by atoms with Crippen LogP contribution < -0.4 is 10.2 Å². The van der Waals surface area contributed by atoms with Crippen molar-refractivity contribution in [2.24, 2.45) is 0 Å². The van der Waals surface area contributed by atoms with Crippen LogP contribution in [-0.2, 0) is 4.74 Å². The Bertz CT molecular complexity index is 886. The average Bonchev–Trinajstić information content (AvgIpc) is 2.44. The Kier molecular flexibility index (Phi) is 3.31. The first-order valence-corrected chi connectivity index (χ1v) is 6.07. The fraction of sp³-hybridized carbons (Fsp3) is 0.133. The fourth-order valence-corrected chi connectivity index (χ4v) is 2.10. The van der Waals surface area contributed by atoms with Crippen LogP contribution in [0.15, 0.2) is 39.5 Å². The summed E-state index contributed by atoms with van der Waals surface area (Å²) in [6.07, 6.45) is 0. The van der Waals surface area contributed by atoms with E-state index in [2.05, 4.69) is 0 Å². The van der Waals surface area contributed by atoms with Gasteiger partial charge in [-0.2, -0.15) is 0 Å². The maximum atomic E-state index is 13.7. The molecule has 0 unspecified atom stereocenters. The number of hydrogen-bond acceptors (Lipinski definition) is 4. The third-order valence-corrected chi connectivity index (χ3v) is 3.01. The zero-order chi connectivity index (χ0) is 15.0. The molecule has 0 amide bonds. The lowest BCUT2D eigenvalue weighted by Crippen LogP contribution is -2.05. The van der Waals surface area contributed by atoms with Crippen LogP contribution in [0.2, 0.25) is 0 Å². The minimum Gasteiger partial charge on any atom is -0.467 e.